The topological polar surface area (TPSA) is 12.0 Å². The molecule has 2 rings (SSSR count). The Hall–Kier alpha value is -1.38. The van der Waals surface area contributed by atoms with E-state index in [0.29, 0.717) is 0 Å². The van der Waals surface area contributed by atoms with E-state index in [1.165, 1.54) is 24.5 Å². The molecule has 2 aromatic carbocycles. The highest BCUT2D eigenvalue weighted by Crippen LogP contribution is 2.26. The quantitative estimate of drug-likeness (QED) is 0.780. The van der Waals surface area contributed by atoms with Gasteiger partial charge in [0.2, 0.25) is 0 Å². The summed E-state index contributed by atoms with van der Waals surface area (Å²) < 4.78 is 13.3. The number of hydrogen-bond donors (Lipinski definition) is 1. The van der Waals surface area contributed by atoms with Crippen LogP contribution in [0.15, 0.2) is 42.5 Å². The van der Waals surface area contributed by atoms with E-state index in [9.17, 15) is 4.39 Å². The molecule has 0 radical (unpaired) electrons. The first-order valence-corrected chi connectivity index (χ1v) is 7.74. The maximum Gasteiger partial charge on any atom is 0.141 e. The summed E-state index contributed by atoms with van der Waals surface area (Å²) >= 11 is 5.88. The Morgan fingerprint density at radius 3 is 2.33 bits per heavy atom. The van der Waals surface area contributed by atoms with Gasteiger partial charge in [-0.2, -0.15) is 0 Å². The molecule has 0 fully saturated rings. The van der Waals surface area contributed by atoms with Crippen LogP contribution in [-0.4, -0.2) is 7.05 Å². The van der Waals surface area contributed by atoms with Crippen molar-refractivity contribution in [1.29, 1.82) is 0 Å². The highest BCUT2D eigenvalue weighted by Gasteiger charge is 2.13. The lowest BCUT2D eigenvalue weighted by atomic mass is 9.97. The van der Waals surface area contributed by atoms with Crippen LogP contribution in [0.2, 0.25) is 5.02 Å². The van der Waals surface area contributed by atoms with E-state index in [-0.39, 0.29) is 16.9 Å². The van der Waals surface area contributed by atoms with Crippen LogP contribution in [0.4, 0.5) is 4.39 Å². The van der Waals surface area contributed by atoms with Crippen LogP contribution >= 0.6 is 11.6 Å². The van der Waals surface area contributed by atoms with Crippen LogP contribution in [-0.2, 0) is 6.42 Å². The second-order valence-corrected chi connectivity index (χ2v) is 5.65. The van der Waals surface area contributed by atoms with Crippen LogP contribution in [0.1, 0.15) is 42.5 Å². The zero-order valence-corrected chi connectivity index (χ0v) is 13.3. The minimum atomic E-state index is -0.384. The molecular weight excluding hydrogens is 285 g/mol. The standard InChI is InChI=1S/C18H21ClFN/c1-3-4-5-13-6-8-14(9-7-13)18(21-2)15-10-11-17(20)16(19)12-15/h6-12,18,21H,3-5H2,1-2H3. The zero-order valence-electron chi connectivity index (χ0n) is 12.5. The number of aryl methyl sites for hydroxylation is 1. The lowest BCUT2D eigenvalue weighted by Gasteiger charge is -2.18. The third-order valence-electron chi connectivity index (χ3n) is 3.70. The molecule has 0 aliphatic heterocycles. The molecule has 0 bridgehead atoms. The van der Waals surface area contributed by atoms with Gasteiger partial charge in [-0.15, -0.1) is 0 Å². The summed E-state index contributed by atoms with van der Waals surface area (Å²) in [6.45, 7) is 2.20. The maximum atomic E-state index is 13.3. The largest absolute Gasteiger partial charge is 0.309 e. The molecule has 0 heterocycles. The molecule has 0 spiro atoms. The summed E-state index contributed by atoms with van der Waals surface area (Å²) in [7, 11) is 1.90. The van der Waals surface area contributed by atoms with E-state index in [1.807, 2.05) is 7.05 Å². The Bertz CT molecular complexity index is 580. The van der Waals surface area contributed by atoms with Crippen LogP contribution in [0, 0.1) is 5.82 Å². The van der Waals surface area contributed by atoms with Crippen LogP contribution in [0.25, 0.3) is 0 Å². The summed E-state index contributed by atoms with van der Waals surface area (Å²) in [4.78, 5) is 0. The van der Waals surface area contributed by atoms with Crippen molar-refractivity contribution in [3.63, 3.8) is 0 Å². The Morgan fingerprint density at radius 1 is 1.10 bits per heavy atom. The molecule has 0 amide bonds. The molecule has 0 saturated heterocycles. The van der Waals surface area contributed by atoms with Gasteiger partial charge in [0.1, 0.15) is 5.82 Å². The summed E-state index contributed by atoms with van der Waals surface area (Å²) in [6, 6.07) is 13.5. The fourth-order valence-electron chi connectivity index (χ4n) is 2.48. The van der Waals surface area contributed by atoms with Crippen LogP contribution < -0.4 is 5.32 Å². The minimum Gasteiger partial charge on any atom is -0.309 e. The highest BCUT2D eigenvalue weighted by molar-refractivity contribution is 6.30. The third-order valence-corrected chi connectivity index (χ3v) is 3.99. The molecule has 0 aliphatic rings. The van der Waals surface area contributed by atoms with Crippen molar-refractivity contribution in [3.05, 3.63) is 70.0 Å². The third kappa shape index (κ3) is 4.05. The van der Waals surface area contributed by atoms with E-state index in [4.69, 9.17) is 11.6 Å². The van der Waals surface area contributed by atoms with Gasteiger partial charge in [0, 0.05) is 0 Å². The number of nitrogens with one attached hydrogen (secondary N) is 1. The molecular formula is C18H21ClFN. The van der Waals surface area contributed by atoms with Crippen molar-refractivity contribution in [3.8, 4) is 0 Å². The van der Waals surface area contributed by atoms with Gasteiger partial charge in [-0.3, -0.25) is 0 Å². The summed E-state index contributed by atoms with van der Waals surface area (Å²) in [5, 5.41) is 3.42. The minimum absolute atomic E-state index is 0.0170. The van der Waals surface area contributed by atoms with Gasteiger partial charge in [-0.25, -0.2) is 4.39 Å². The predicted molar refractivity (Wildman–Crippen MR) is 87.4 cm³/mol. The van der Waals surface area contributed by atoms with Gasteiger partial charge in [-0.05, 0) is 48.7 Å². The lowest BCUT2D eigenvalue weighted by Crippen LogP contribution is -2.17. The first kappa shape index (κ1) is 16.0. The molecule has 3 heteroatoms. The van der Waals surface area contributed by atoms with Crippen molar-refractivity contribution < 1.29 is 4.39 Å². The molecule has 0 aromatic heterocycles. The number of rotatable bonds is 6. The van der Waals surface area contributed by atoms with E-state index >= 15 is 0 Å². The fourth-order valence-corrected chi connectivity index (χ4v) is 2.66. The normalized spacial score (nSPS) is 12.4. The van der Waals surface area contributed by atoms with Gasteiger partial charge in [0.25, 0.3) is 0 Å². The van der Waals surface area contributed by atoms with Crippen molar-refractivity contribution >= 4 is 11.6 Å². The maximum absolute atomic E-state index is 13.3. The van der Waals surface area contributed by atoms with Crippen molar-refractivity contribution in [2.75, 3.05) is 7.05 Å². The van der Waals surface area contributed by atoms with E-state index in [0.717, 1.165) is 17.5 Å². The van der Waals surface area contributed by atoms with Crippen molar-refractivity contribution in [1.82, 2.24) is 5.32 Å². The van der Waals surface area contributed by atoms with E-state index in [1.54, 1.807) is 12.1 Å². The van der Waals surface area contributed by atoms with Gasteiger partial charge >= 0.3 is 0 Å². The summed E-state index contributed by atoms with van der Waals surface area (Å²) in [6.07, 6.45) is 3.53. The second-order valence-electron chi connectivity index (χ2n) is 5.24. The smallest absolute Gasteiger partial charge is 0.141 e. The molecule has 1 N–H and O–H groups in total. The fraction of sp³-hybridized carbons (Fsp3) is 0.333. The SMILES string of the molecule is CCCCc1ccc(C(NC)c2ccc(F)c(Cl)c2)cc1. The number of unbranched alkanes of at least 4 members (excludes halogenated alkanes) is 1. The first-order valence-electron chi connectivity index (χ1n) is 7.36. The van der Waals surface area contributed by atoms with Crippen LogP contribution in [0.3, 0.4) is 0 Å². The van der Waals surface area contributed by atoms with E-state index in [2.05, 4.69) is 36.5 Å². The summed E-state index contributed by atoms with van der Waals surface area (Å²) in [5.74, 6) is -0.384. The predicted octanol–water partition coefficient (Wildman–Crippen LogP) is 5.13. The molecule has 1 nitrogen and oxygen atoms in total. The Morgan fingerprint density at radius 2 is 1.76 bits per heavy atom. The summed E-state index contributed by atoms with van der Waals surface area (Å²) in [5.41, 5.74) is 3.47. The molecule has 1 atom stereocenters. The second kappa shape index (κ2) is 7.58. The molecule has 1 unspecified atom stereocenters. The molecule has 21 heavy (non-hydrogen) atoms. The average molecular weight is 306 g/mol. The van der Waals surface area contributed by atoms with Crippen molar-refractivity contribution in [2.45, 2.75) is 32.2 Å². The number of benzene rings is 2. The molecule has 112 valence electrons. The first-order chi connectivity index (χ1) is 10.2. The number of halogens is 2. The zero-order chi connectivity index (χ0) is 15.2. The Balaban J connectivity index is 2.22. The highest BCUT2D eigenvalue weighted by atomic mass is 35.5. The van der Waals surface area contributed by atoms with Crippen LogP contribution in [0.5, 0.6) is 0 Å². The molecule has 2 aromatic rings. The van der Waals surface area contributed by atoms with E-state index < -0.39 is 0 Å². The van der Waals surface area contributed by atoms with Gasteiger partial charge < -0.3 is 5.32 Å². The van der Waals surface area contributed by atoms with Gasteiger partial charge in [0.15, 0.2) is 0 Å². The molecule has 0 saturated carbocycles. The van der Waals surface area contributed by atoms with Crippen molar-refractivity contribution in [2.24, 2.45) is 0 Å². The Kier molecular flexibility index (Phi) is 5.77. The lowest BCUT2D eigenvalue weighted by molar-refractivity contribution is 0.624. The molecule has 0 aliphatic carbocycles. The Labute approximate surface area is 131 Å². The van der Waals surface area contributed by atoms with Gasteiger partial charge in [0.05, 0.1) is 11.1 Å². The monoisotopic (exact) mass is 305 g/mol. The average Bonchev–Trinajstić information content (AvgIpc) is 2.50. The van der Waals surface area contributed by atoms with Gasteiger partial charge in [-0.1, -0.05) is 55.3 Å². The number of hydrogen-bond acceptors (Lipinski definition) is 1.